The third-order valence-electron chi connectivity index (χ3n) is 7.87. The lowest BCUT2D eigenvalue weighted by molar-refractivity contribution is -0.137. The number of nitrogens with zero attached hydrogens (tertiary/aromatic N) is 5. The first-order valence-corrected chi connectivity index (χ1v) is 13.2. The average molecular weight is 502 g/mol. The van der Waals surface area contributed by atoms with E-state index in [0.29, 0.717) is 25.6 Å². The highest BCUT2D eigenvalue weighted by molar-refractivity contribution is 5.94. The summed E-state index contributed by atoms with van der Waals surface area (Å²) < 4.78 is 38.9. The second kappa shape index (κ2) is 10.3. The number of hydrogen-bond acceptors (Lipinski definition) is 5. The first kappa shape index (κ1) is 24.8. The highest BCUT2D eigenvalue weighted by atomic mass is 19.4. The Morgan fingerprint density at radius 3 is 2.28 bits per heavy atom. The van der Waals surface area contributed by atoms with Gasteiger partial charge in [-0.3, -0.25) is 4.79 Å². The fourth-order valence-corrected chi connectivity index (χ4v) is 5.70. The van der Waals surface area contributed by atoms with Crippen molar-refractivity contribution in [3.8, 4) is 0 Å². The van der Waals surface area contributed by atoms with Crippen molar-refractivity contribution < 1.29 is 18.0 Å². The molecule has 1 amide bonds. The van der Waals surface area contributed by atoms with Gasteiger partial charge in [0.05, 0.1) is 17.8 Å². The number of halogens is 3. The van der Waals surface area contributed by atoms with E-state index in [1.807, 2.05) is 0 Å². The predicted octanol–water partition coefficient (Wildman–Crippen LogP) is 5.45. The molecule has 1 saturated carbocycles. The number of hydrogen-bond donors (Lipinski definition) is 0. The van der Waals surface area contributed by atoms with Gasteiger partial charge in [-0.25, -0.2) is 4.98 Å². The van der Waals surface area contributed by atoms with E-state index in [-0.39, 0.29) is 11.5 Å². The Kier molecular flexibility index (Phi) is 7.08. The van der Waals surface area contributed by atoms with Crippen LogP contribution in [0.3, 0.4) is 0 Å². The van der Waals surface area contributed by atoms with Crippen LogP contribution in [0.4, 0.5) is 24.9 Å². The van der Waals surface area contributed by atoms with Crippen molar-refractivity contribution in [2.75, 3.05) is 36.5 Å². The average Bonchev–Trinajstić information content (AvgIpc) is 2.92. The molecular formula is C27H34F3N5O. The number of rotatable bonds is 4. The van der Waals surface area contributed by atoms with Gasteiger partial charge in [0, 0.05) is 50.3 Å². The Morgan fingerprint density at radius 2 is 1.61 bits per heavy atom. The van der Waals surface area contributed by atoms with Crippen molar-refractivity contribution in [3.63, 3.8) is 0 Å². The Hall–Kier alpha value is -2.84. The van der Waals surface area contributed by atoms with Crippen LogP contribution in [0, 0.1) is 0 Å². The maximum absolute atomic E-state index is 13.2. The number of carbonyl (C=O) groups is 1. The summed E-state index contributed by atoms with van der Waals surface area (Å²) in [5, 5.41) is 0. The topological polar surface area (TPSA) is 52.6 Å². The maximum atomic E-state index is 13.2. The molecule has 0 unspecified atom stereocenters. The molecule has 9 heteroatoms. The summed E-state index contributed by atoms with van der Waals surface area (Å²) in [7, 11) is 2.10. The summed E-state index contributed by atoms with van der Waals surface area (Å²) in [6.45, 7) is 2.72. The van der Waals surface area contributed by atoms with Crippen molar-refractivity contribution in [3.05, 3.63) is 46.6 Å². The van der Waals surface area contributed by atoms with Crippen molar-refractivity contribution in [2.24, 2.45) is 0 Å². The van der Waals surface area contributed by atoms with Gasteiger partial charge in [-0.05, 0) is 56.4 Å². The molecule has 1 aliphatic carbocycles. The second-order valence-corrected chi connectivity index (χ2v) is 10.3. The van der Waals surface area contributed by atoms with E-state index >= 15 is 0 Å². The molecule has 3 heterocycles. The van der Waals surface area contributed by atoms with E-state index in [9.17, 15) is 18.0 Å². The summed E-state index contributed by atoms with van der Waals surface area (Å²) in [6.07, 6.45) is 5.69. The maximum Gasteiger partial charge on any atom is 0.416 e. The standard InChI is InChI=1S/C27H34F3N5O/c1-33(21-8-4-2-5-9-21)26-31-23-14-17-35(18-22(23)24(32-26)34-15-6-3-7-16-34)25(36)19-10-12-20(13-11-19)27(28,29)30/h10-13,21H,2-9,14-18H2,1H3. The Labute approximate surface area is 210 Å². The van der Waals surface area contributed by atoms with Crippen LogP contribution in [0.25, 0.3) is 0 Å². The molecule has 194 valence electrons. The molecule has 3 aliphatic rings. The third-order valence-corrected chi connectivity index (χ3v) is 7.87. The van der Waals surface area contributed by atoms with Crippen LogP contribution >= 0.6 is 0 Å². The monoisotopic (exact) mass is 501 g/mol. The third kappa shape index (κ3) is 5.15. The number of benzene rings is 1. The second-order valence-electron chi connectivity index (χ2n) is 10.3. The minimum Gasteiger partial charge on any atom is -0.356 e. The summed E-state index contributed by atoms with van der Waals surface area (Å²) in [6, 6.07) is 4.93. The number of carbonyl (C=O) groups excluding carboxylic acids is 1. The normalized spacial score (nSPS) is 19.2. The minimum absolute atomic E-state index is 0.262. The Balaban J connectivity index is 1.42. The van der Waals surface area contributed by atoms with E-state index in [1.54, 1.807) is 4.90 Å². The fourth-order valence-electron chi connectivity index (χ4n) is 5.70. The molecule has 2 aliphatic heterocycles. The zero-order chi connectivity index (χ0) is 25.3. The number of alkyl halides is 3. The van der Waals surface area contributed by atoms with Crippen LogP contribution < -0.4 is 9.80 Å². The molecule has 5 rings (SSSR count). The summed E-state index contributed by atoms with van der Waals surface area (Å²) in [4.78, 5) is 29.5. The van der Waals surface area contributed by atoms with Gasteiger partial charge >= 0.3 is 6.18 Å². The summed E-state index contributed by atoms with van der Waals surface area (Å²) in [5.41, 5.74) is 1.47. The number of anilines is 2. The van der Waals surface area contributed by atoms with Gasteiger partial charge < -0.3 is 14.7 Å². The van der Waals surface area contributed by atoms with Gasteiger partial charge in [0.2, 0.25) is 5.95 Å². The molecule has 0 bridgehead atoms. The molecular weight excluding hydrogens is 467 g/mol. The molecule has 0 spiro atoms. The zero-order valence-electron chi connectivity index (χ0n) is 20.9. The van der Waals surface area contributed by atoms with Gasteiger partial charge in [0.1, 0.15) is 5.82 Å². The molecule has 1 aromatic heterocycles. The van der Waals surface area contributed by atoms with Crippen molar-refractivity contribution in [1.82, 2.24) is 14.9 Å². The molecule has 1 aromatic carbocycles. The number of aromatic nitrogens is 2. The summed E-state index contributed by atoms with van der Waals surface area (Å²) in [5.74, 6) is 1.42. The first-order chi connectivity index (χ1) is 17.3. The van der Waals surface area contributed by atoms with Gasteiger partial charge in [-0.2, -0.15) is 18.2 Å². The molecule has 0 atom stereocenters. The lowest BCUT2D eigenvalue weighted by Crippen LogP contribution is -2.40. The Bertz CT molecular complexity index is 1080. The Morgan fingerprint density at radius 1 is 0.944 bits per heavy atom. The molecule has 0 radical (unpaired) electrons. The van der Waals surface area contributed by atoms with Crippen LogP contribution in [-0.4, -0.2) is 53.5 Å². The number of fused-ring (bicyclic) bond motifs is 1. The number of amides is 1. The predicted molar refractivity (Wildman–Crippen MR) is 133 cm³/mol. The zero-order valence-corrected chi connectivity index (χ0v) is 20.9. The van der Waals surface area contributed by atoms with Gasteiger partial charge in [0.25, 0.3) is 5.91 Å². The largest absolute Gasteiger partial charge is 0.416 e. The molecule has 36 heavy (non-hydrogen) atoms. The van der Waals surface area contributed by atoms with Crippen molar-refractivity contribution >= 4 is 17.7 Å². The van der Waals surface area contributed by atoms with E-state index in [1.165, 1.54) is 37.8 Å². The van der Waals surface area contributed by atoms with Crippen molar-refractivity contribution in [1.29, 1.82) is 0 Å². The van der Waals surface area contributed by atoms with Gasteiger partial charge in [-0.1, -0.05) is 19.3 Å². The highest BCUT2D eigenvalue weighted by Crippen LogP contribution is 2.33. The molecule has 2 aromatic rings. The summed E-state index contributed by atoms with van der Waals surface area (Å²) >= 11 is 0. The van der Waals surface area contributed by atoms with Crippen molar-refractivity contribution in [2.45, 2.75) is 76.6 Å². The van der Waals surface area contributed by atoms with Crippen LogP contribution in [0.15, 0.2) is 24.3 Å². The van der Waals surface area contributed by atoms with E-state index < -0.39 is 11.7 Å². The molecule has 6 nitrogen and oxygen atoms in total. The van der Waals surface area contributed by atoms with Gasteiger partial charge in [-0.15, -0.1) is 0 Å². The van der Waals surface area contributed by atoms with E-state index in [4.69, 9.17) is 9.97 Å². The lowest BCUT2D eigenvalue weighted by atomic mass is 9.95. The molecule has 1 saturated heterocycles. The number of piperidine rings is 1. The minimum atomic E-state index is -4.42. The SMILES string of the molecule is CN(c1nc2c(c(N3CCCCC3)n1)CN(C(=O)c1ccc(C(F)(F)F)cc1)CC2)C1CCCCC1. The van der Waals surface area contributed by atoms with E-state index in [0.717, 1.165) is 73.9 Å². The van der Waals surface area contributed by atoms with Crippen LogP contribution in [0.2, 0.25) is 0 Å². The fraction of sp³-hybridized carbons (Fsp3) is 0.593. The van der Waals surface area contributed by atoms with Crippen LogP contribution in [0.5, 0.6) is 0 Å². The van der Waals surface area contributed by atoms with Crippen LogP contribution in [0.1, 0.15) is 78.5 Å². The van der Waals surface area contributed by atoms with Crippen LogP contribution in [-0.2, 0) is 19.1 Å². The smallest absolute Gasteiger partial charge is 0.356 e. The van der Waals surface area contributed by atoms with E-state index in [2.05, 4.69) is 16.8 Å². The molecule has 2 fully saturated rings. The van der Waals surface area contributed by atoms with Gasteiger partial charge in [0.15, 0.2) is 0 Å². The quantitative estimate of drug-likeness (QED) is 0.558. The molecule has 0 N–H and O–H groups in total. The lowest BCUT2D eigenvalue weighted by Gasteiger charge is -2.37. The first-order valence-electron chi connectivity index (χ1n) is 13.2. The highest BCUT2D eigenvalue weighted by Gasteiger charge is 2.32.